The molecule has 4 nitrogen and oxygen atoms in total. The van der Waals surface area contributed by atoms with Crippen molar-refractivity contribution in [2.45, 2.75) is 46.0 Å². The number of benzene rings is 1. The van der Waals surface area contributed by atoms with Crippen LogP contribution in [-0.4, -0.2) is 38.2 Å². The number of ether oxygens (including phenoxy) is 2. The molecule has 0 spiro atoms. The van der Waals surface area contributed by atoms with E-state index in [-0.39, 0.29) is 0 Å². The number of rotatable bonds is 8. The van der Waals surface area contributed by atoms with Crippen LogP contribution in [0, 0.1) is 11.8 Å². The summed E-state index contributed by atoms with van der Waals surface area (Å²) >= 11 is 0. The van der Waals surface area contributed by atoms with Gasteiger partial charge in [0.05, 0.1) is 12.8 Å². The van der Waals surface area contributed by atoms with Crippen LogP contribution in [0.15, 0.2) is 30.7 Å². The van der Waals surface area contributed by atoms with Gasteiger partial charge in [0.2, 0.25) is 0 Å². The van der Waals surface area contributed by atoms with E-state index in [1.807, 2.05) is 18.3 Å². The maximum absolute atomic E-state index is 5.64. The van der Waals surface area contributed by atoms with Crippen LogP contribution >= 0.6 is 0 Å². The average Bonchev–Trinajstić information content (AvgIpc) is 2.67. The van der Waals surface area contributed by atoms with Gasteiger partial charge < -0.3 is 19.3 Å². The quantitative estimate of drug-likeness (QED) is 0.660. The molecular weight excluding hydrogens is 324 g/mol. The van der Waals surface area contributed by atoms with Crippen molar-refractivity contribution in [3.05, 3.63) is 30.7 Å². The minimum atomic E-state index is 0.601. The second kappa shape index (κ2) is 9.31. The zero-order valence-corrected chi connectivity index (χ0v) is 16.6. The third kappa shape index (κ3) is 4.94. The molecule has 1 saturated heterocycles. The predicted octanol–water partition coefficient (Wildman–Crippen LogP) is 4.90. The summed E-state index contributed by atoms with van der Waals surface area (Å²) < 4.78 is 11.0. The summed E-state index contributed by atoms with van der Waals surface area (Å²) in [5.74, 6) is 3.33. The van der Waals surface area contributed by atoms with Gasteiger partial charge in [0.15, 0.2) is 0 Å². The molecule has 2 aliphatic heterocycles. The molecule has 1 aromatic rings. The van der Waals surface area contributed by atoms with Crippen molar-refractivity contribution >= 4 is 5.69 Å². The molecule has 0 unspecified atom stereocenters. The van der Waals surface area contributed by atoms with Crippen LogP contribution in [-0.2, 0) is 0 Å². The number of anilines is 1. The summed E-state index contributed by atoms with van der Waals surface area (Å²) in [5.41, 5.74) is 1.09. The fourth-order valence-electron chi connectivity index (χ4n) is 4.15. The molecule has 0 aliphatic carbocycles. The Morgan fingerprint density at radius 1 is 1.23 bits per heavy atom. The number of nitrogens with zero attached hydrogens (tertiary/aromatic N) is 2. The van der Waals surface area contributed by atoms with Gasteiger partial charge in [0.1, 0.15) is 17.8 Å². The topological polar surface area (TPSA) is 24.9 Å². The SMILES string of the molecule is CCCCC1CCN(C[C@@H](C)CN2C=COc3ccc(OC)cc32)CC1. The summed E-state index contributed by atoms with van der Waals surface area (Å²) in [7, 11) is 1.71. The molecular formula is C22H34N2O2. The lowest BCUT2D eigenvalue weighted by atomic mass is 9.91. The summed E-state index contributed by atoms with van der Waals surface area (Å²) in [5, 5.41) is 0. The van der Waals surface area contributed by atoms with Crippen molar-refractivity contribution in [3.8, 4) is 11.5 Å². The van der Waals surface area contributed by atoms with Gasteiger partial charge in [0.25, 0.3) is 0 Å². The van der Waals surface area contributed by atoms with E-state index in [4.69, 9.17) is 9.47 Å². The Morgan fingerprint density at radius 2 is 2.04 bits per heavy atom. The first-order valence-electron chi connectivity index (χ1n) is 10.2. The Balaban J connectivity index is 1.51. The first-order chi connectivity index (χ1) is 12.7. The molecule has 0 saturated carbocycles. The van der Waals surface area contributed by atoms with Gasteiger partial charge in [-0.3, -0.25) is 0 Å². The van der Waals surface area contributed by atoms with Crippen molar-refractivity contribution in [2.75, 3.05) is 38.2 Å². The molecule has 2 heterocycles. The van der Waals surface area contributed by atoms with Gasteiger partial charge >= 0.3 is 0 Å². The third-order valence-corrected chi connectivity index (χ3v) is 5.66. The van der Waals surface area contributed by atoms with Crippen LogP contribution in [0.1, 0.15) is 46.0 Å². The van der Waals surface area contributed by atoms with Crippen molar-refractivity contribution in [3.63, 3.8) is 0 Å². The number of fused-ring (bicyclic) bond motifs is 1. The van der Waals surface area contributed by atoms with Gasteiger partial charge in [0, 0.05) is 25.4 Å². The van der Waals surface area contributed by atoms with E-state index in [1.165, 1.54) is 51.7 Å². The van der Waals surface area contributed by atoms with E-state index in [2.05, 4.69) is 29.7 Å². The molecule has 144 valence electrons. The van der Waals surface area contributed by atoms with E-state index in [0.717, 1.165) is 29.6 Å². The van der Waals surface area contributed by atoms with Gasteiger partial charge in [-0.15, -0.1) is 0 Å². The standard InChI is InChI=1S/C22H34N2O2/c1-4-5-6-19-9-11-23(12-10-19)16-18(2)17-24-13-14-26-22-8-7-20(25-3)15-21(22)24/h7-8,13-15,18-19H,4-6,9-12,16-17H2,1-3H3/t18-/m1/s1. The van der Waals surface area contributed by atoms with Crippen molar-refractivity contribution in [1.82, 2.24) is 4.90 Å². The van der Waals surface area contributed by atoms with Gasteiger partial charge in [-0.05, 0) is 49.9 Å². The number of piperidine rings is 1. The number of methoxy groups -OCH3 is 1. The highest BCUT2D eigenvalue weighted by molar-refractivity contribution is 5.64. The molecule has 0 N–H and O–H groups in total. The van der Waals surface area contributed by atoms with E-state index >= 15 is 0 Å². The van der Waals surface area contributed by atoms with Crippen LogP contribution in [0.4, 0.5) is 5.69 Å². The van der Waals surface area contributed by atoms with Crippen LogP contribution < -0.4 is 14.4 Å². The smallest absolute Gasteiger partial charge is 0.150 e. The highest BCUT2D eigenvalue weighted by Crippen LogP contribution is 2.35. The first-order valence-corrected chi connectivity index (χ1v) is 10.2. The molecule has 2 aliphatic rings. The Morgan fingerprint density at radius 3 is 2.77 bits per heavy atom. The van der Waals surface area contributed by atoms with E-state index in [0.29, 0.717) is 5.92 Å². The highest BCUT2D eigenvalue weighted by Gasteiger charge is 2.22. The maximum atomic E-state index is 5.64. The van der Waals surface area contributed by atoms with Crippen LogP contribution in [0.5, 0.6) is 11.5 Å². The van der Waals surface area contributed by atoms with Crippen LogP contribution in [0.3, 0.4) is 0 Å². The second-order valence-corrected chi connectivity index (χ2v) is 7.88. The molecule has 0 radical (unpaired) electrons. The average molecular weight is 359 g/mol. The molecule has 0 aromatic heterocycles. The van der Waals surface area contributed by atoms with Gasteiger partial charge in [-0.25, -0.2) is 0 Å². The molecule has 1 fully saturated rings. The monoisotopic (exact) mass is 358 g/mol. The number of likely N-dealkylation sites (tertiary alicyclic amines) is 1. The largest absolute Gasteiger partial charge is 0.497 e. The molecule has 1 aromatic carbocycles. The van der Waals surface area contributed by atoms with Crippen molar-refractivity contribution in [2.24, 2.45) is 11.8 Å². The van der Waals surface area contributed by atoms with E-state index < -0.39 is 0 Å². The Kier molecular flexibility index (Phi) is 6.84. The zero-order valence-electron chi connectivity index (χ0n) is 16.6. The lowest BCUT2D eigenvalue weighted by Crippen LogP contribution is -2.39. The Labute approximate surface area is 158 Å². The molecule has 0 amide bonds. The second-order valence-electron chi connectivity index (χ2n) is 7.88. The fourth-order valence-corrected chi connectivity index (χ4v) is 4.15. The van der Waals surface area contributed by atoms with Gasteiger partial charge in [-0.1, -0.05) is 33.1 Å². The Bertz CT molecular complexity index is 594. The minimum absolute atomic E-state index is 0.601. The zero-order chi connectivity index (χ0) is 18.4. The lowest BCUT2D eigenvalue weighted by molar-refractivity contribution is 0.160. The predicted molar refractivity (Wildman–Crippen MR) is 108 cm³/mol. The highest BCUT2D eigenvalue weighted by atomic mass is 16.5. The van der Waals surface area contributed by atoms with Crippen molar-refractivity contribution in [1.29, 1.82) is 0 Å². The Hall–Kier alpha value is -1.68. The summed E-state index contributed by atoms with van der Waals surface area (Å²) in [4.78, 5) is 4.95. The molecule has 1 atom stereocenters. The summed E-state index contributed by atoms with van der Waals surface area (Å²) in [6.07, 6.45) is 10.7. The molecule has 0 bridgehead atoms. The first kappa shape index (κ1) is 19.1. The molecule has 26 heavy (non-hydrogen) atoms. The lowest BCUT2D eigenvalue weighted by Gasteiger charge is -2.35. The van der Waals surface area contributed by atoms with E-state index in [9.17, 15) is 0 Å². The summed E-state index contributed by atoms with van der Waals surface area (Å²) in [6.45, 7) is 9.35. The molecule has 4 heteroatoms. The van der Waals surface area contributed by atoms with E-state index in [1.54, 1.807) is 13.4 Å². The fraction of sp³-hybridized carbons (Fsp3) is 0.636. The number of unbranched alkanes of at least 4 members (excludes halogenated alkanes) is 1. The summed E-state index contributed by atoms with van der Waals surface area (Å²) in [6, 6.07) is 5.99. The third-order valence-electron chi connectivity index (χ3n) is 5.66. The minimum Gasteiger partial charge on any atom is -0.497 e. The van der Waals surface area contributed by atoms with Crippen LogP contribution in [0.25, 0.3) is 0 Å². The normalized spacial score (nSPS) is 19.1. The van der Waals surface area contributed by atoms with Gasteiger partial charge in [-0.2, -0.15) is 0 Å². The van der Waals surface area contributed by atoms with Crippen LogP contribution in [0.2, 0.25) is 0 Å². The van der Waals surface area contributed by atoms with Crippen molar-refractivity contribution < 1.29 is 9.47 Å². The number of hydrogen-bond donors (Lipinski definition) is 0. The number of hydrogen-bond acceptors (Lipinski definition) is 4. The molecule has 3 rings (SSSR count). The maximum Gasteiger partial charge on any atom is 0.150 e.